The summed E-state index contributed by atoms with van der Waals surface area (Å²) in [5, 5.41) is 2.86. The maximum absolute atomic E-state index is 12.3. The molecule has 0 saturated heterocycles. The van der Waals surface area contributed by atoms with Crippen molar-refractivity contribution in [3.8, 4) is 0 Å². The van der Waals surface area contributed by atoms with E-state index in [0.717, 1.165) is 19.3 Å². The van der Waals surface area contributed by atoms with Crippen LogP contribution in [0.4, 0.5) is 5.69 Å². The number of anilines is 1. The van der Waals surface area contributed by atoms with E-state index in [4.69, 9.17) is 5.73 Å². The normalized spacial score (nSPS) is 20.7. The lowest BCUT2D eigenvalue weighted by molar-refractivity contribution is -0.120. The number of nitrogens with one attached hydrogen (secondary N) is 2. The number of hydrogen-bond donors (Lipinski definition) is 3. The average Bonchev–Trinajstić information content (AvgIpc) is 2.95. The molecule has 0 aromatic heterocycles. The van der Waals surface area contributed by atoms with Crippen molar-refractivity contribution in [1.82, 2.24) is 4.72 Å². The molecule has 8 heteroatoms. The highest BCUT2D eigenvalue weighted by Gasteiger charge is 2.31. The molecule has 1 aromatic carbocycles. The van der Waals surface area contributed by atoms with Crippen LogP contribution in [-0.2, 0) is 14.8 Å². The van der Waals surface area contributed by atoms with Gasteiger partial charge in [0, 0.05) is 17.6 Å². The van der Waals surface area contributed by atoms with Gasteiger partial charge in [0.1, 0.15) is 0 Å². The lowest BCUT2D eigenvalue weighted by Gasteiger charge is -2.17. The van der Waals surface area contributed by atoms with E-state index < -0.39 is 10.0 Å². The summed E-state index contributed by atoms with van der Waals surface area (Å²) in [6.07, 6.45) is 2.88. The number of nitrogens with two attached hydrogens (primary N) is 1. The van der Waals surface area contributed by atoms with Gasteiger partial charge in [-0.2, -0.15) is 0 Å². The summed E-state index contributed by atoms with van der Waals surface area (Å²) in [6, 6.07) is 6.04. The van der Waals surface area contributed by atoms with Crippen molar-refractivity contribution in [2.24, 2.45) is 17.6 Å². The number of carbonyl (C=O) groups is 1. The zero-order valence-electron chi connectivity index (χ0n) is 14.0. The molecule has 6 nitrogen and oxygen atoms in total. The fourth-order valence-corrected chi connectivity index (χ4v) is 4.25. The maximum atomic E-state index is 12.3. The van der Waals surface area contributed by atoms with Crippen LogP contribution in [0.1, 0.15) is 33.1 Å². The molecule has 0 aliphatic heterocycles. The van der Waals surface area contributed by atoms with Crippen molar-refractivity contribution in [2.75, 3.05) is 11.9 Å². The van der Waals surface area contributed by atoms with Crippen LogP contribution in [0.25, 0.3) is 0 Å². The molecule has 2 rings (SSSR count). The summed E-state index contributed by atoms with van der Waals surface area (Å²) in [6.45, 7) is 4.05. The third-order valence-corrected chi connectivity index (χ3v) is 5.80. The van der Waals surface area contributed by atoms with Gasteiger partial charge in [0.25, 0.3) is 0 Å². The van der Waals surface area contributed by atoms with Crippen LogP contribution in [0.5, 0.6) is 0 Å². The first kappa shape index (κ1) is 20.9. The van der Waals surface area contributed by atoms with Gasteiger partial charge in [0.05, 0.1) is 4.90 Å². The lowest BCUT2D eigenvalue weighted by Crippen LogP contribution is -2.30. The predicted octanol–water partition coefficient (Wildman–Crippen LogP) is 2.11. The molecule has 0 radical (unpaired) electrons. The van der Waals surface area contributed by atoms with E-state index in [-0.39, 0.29) is 41.1 Å². The van der Waals surface area contributed by atoms with Crippen molar-refractivity contribution >= 4 is 34.0 Å². The minimum atomic E-state index is -3.51. The van der Waals surface area contributed by atoms with Crippen LogP contribution in [0, 0.1) is 11.8 Å². The van der Waals surface area contributed by atoms with Gasteiger partial charge in [0.2, 0.25) is 15.9 Å². The highest BCUT2D eigenvalue weighted by Crippen LogP contribution is 2.31. The van der Waals surface area contributed by atoms with Gasteiger partial charge in [-0.3, -0.25) is 4.79 Å². The zero-order chi connectivity index (χ0) is 17.0. The zero-order valence-corrected chi connectivity index (χ0v) is 15.6. The van der Waals surface area contributed by atoms with Crippen molar-refractivity contribution in [3.05, 3.63) is 24.3 Å². The van der Waals surface area contributed by atoms with Crippen LogP contribution < -0.4 is 15.8 Å². The highest BCUT2D eigenvalue weighted by molar-refractivity contribution is 7.89. The third-order valence-electron chi connectivity index (χ3n) is 4.12. The molecule has 0 spiro atoms. The van der Waals surface area contributed by atoms with Crippen molar-refractivity contribution < 1.29 is 13.2 Å². The third kappa shape index (κ3) is 5.17. The average molecular weight is 376 g/mol. The molecule has 24 heavy (non-hydrogen) atoms. The molecular weight excluding hydrogens is 350 g/mol. The smallest absolute Gasteiger partial charge is 0.240 e. The lowest BCUT2D eigenvalue weighted by atomic mass is 9.95. The Morgan fingerprint density at radius 3 is 2.42 bits per heavy atom. The fraction of sp³-hybridized carbons (Fsp3) is 0.562. The van der Waals surface area contributed by atoms with Crippen molar-refractivity contribution in [3.63, 3.8) is 0 Å². The number of sulfonamides is 1. The topological polar surface area (TPSA) is 101 Å². The van der Waals surface area contributed by atoms with E-state index in [9.17, 15) is 13.2 Å². The molecule has 1 aromatic rings. The molecule has 1 fully saturated rings. The van der Waals surface area contributed by atoms with Crippen LogP contribution in [0.15, 0.2) is 29.2 Å². The molecule has 1 amide bonds. The van der Waals surface area contributed by atoms with Gasteiger partial charge < -0.3 is 11.1 Å². The van der Waals surface area contributed by atoms with Crippen molar-refractivity contribution in [2.45, 2.75) is 44.0 Å². The monoisotopic (exact) mass is 375 g/mol. The predicted molar refractivity (Wildman–Crippen MR) is 97.7 cm³/mol. The van der Waals surface area contributed by atoms with E-state index in [2.05, 4.69) is 10.0 Å². The van der Waals surface area contributed by atoms with Crippen LogP contribution in [0.2, 0.25) is 0 Å². The quantitative estimate of drug-likeness (QED) is 0.708. The molecule has 1 aliphatic carbocycles. The summed E-state index contributed by atoms with van der Waals surface area (Å²) >= 11 is 0. The second kappa shape index (κ2) is 8.80. The van der Waals surface area contributed by atoms with E-state index in [1.807, 2.05) is 0 Å². The molecular formula is C16H26ClN3O3S. The fourth-order valence-electron chi connectivity index (χ4n) is 2.99. The summed E-state index contributed by atoms with van der Waals surface area (Å²) in [5.74, 6) is 0.157. The molecule has 4 N–H and O–H groups in total. The summed E-state index contributed by atoms with van der Waals surface area (Å²) in [7, 11) is -3.51. The minimum absolute atomic E-state index is 0. The first-order valence-corrected chi connectivity index (χ1v) is 9.45. The van der Waals surface area contributed by atoms with Crippen molar-refractivity contribution in [1.29, 1.82) is 0 Å². The number of hydrogen-bond acceptors (Lipinski definition) is 4. The summed E-state index contributed by atoms with van der Waals surface area (Å²) in [5.41, 5.74) is 6.31. The molecule has 0 bridgehead atoms. The van der Waals surface area contributed by atoms with Crippen LogP contribution >= 0.6 is 12.4 Å². The number of halogens is 1. The highest BCUT2D eigenvalue weighted by atomic mass is 35.5. The van der Waals surface area contributed by atoms with Gasteiger partial charge >= 0.3 is 0 Å². The molecule has 2 atom stereocenters. The molecule has 0 unspecified atom stereocenters. The van der Waals surface area contributed by atoms with E-state index >= 15 is 0 Å². The summed E-state index contributed by atoms with van der Waals surface area (Å²) in [4.78, 5) is 12.5. The standard InChI is InChI=1S/C16H25N3O3S.ClH/c1-11(2)19-23(21,22)14-8-6-13(7-9-14)18-16(20)15-5-3-4-12(15)10-17;/h6-9,11-12,15,19H,3-5,10,17H2,1-2H3,(H,18,20);1H/t12-,15-;/m1./s1. The van der Waals surface area contributed by atoms with Gasteiger partial charge in [0.15, 0.2) is 0 Å². The largest absolute Gasteiger partial charge is 0.330 e. The minimum Gasteiger partial charge on any atom is -0.330 e. The van der Waals surface area contributed by atoms with Gasteiger partial charge in [-0.15, -0.1) is 12.4 Å². The number of rotatable bonds is 6. The second-order valence-electron chi connectivity index (χ2n) is 6.32. The molecule has 0 heterocycles. The van der Waals surface area contributed by atoms with Crippen LogP contribution in [0.3, 0.4) is 0 Å². The van der Waals surface area contributed by atoms with E-state index in [1.165, 1.54) is 12.1 Å². The first-order chi connectivity index (χ1) is 10.8. The molecule has 1 aliphatic rings. The second-order valence-corrected chi connectivity index (χ2v) is 8.04. The summed E-state index contributed by atoms with van der Waals surface area (Å²) < 4.78 is 26.6. The number of benzene rings is 1. The molecule has 136 valence electrons. The SMILES string of the molecule is CC(C)NS(=O)(=O)c1ccc(NC(=O)[C@@H]2CCC[C@@H]2CN)cc1.Cl. The Labute approximate surface area is 150 Å². The van der Waals surface area contributed by atoms with E-state index in [1.54, 1.807) is 26.0 Å². The Balaban J connectivity index is 0.00000288. The van der Waals surface area contributed by atoms with Gasteiger partial charge in [-0.1, -0.05) is 6.42 Å². The van der Waals surface area contributed by atoms with Gasteiger partial charge in [-0.05, 0) is 63.4 Å². The maximum Gasteiger partial charge on any atom is 0.240 e. The number of amides is 1. The van der Waals surface area contributed by atoms with Crippen LogP contribution in [-0.4, -0.2) is 26.9 Å². The Hall–Kier alpha value is -1.15. The first-order valence-electron chi connectivity index (χ1n) is 7.97. The Morgan fingerprint density at radius 1 is 1.25 bits per heavy atom. The Morgan fingerprint density at radius 2 is 1.88 bits per heavy atom. The number of carbonyl (C=O) groups excluding carboxylic acids is 1. The Bertz CT molecular complexity index is 647. The van der Waals surface area contributed by atoms with Gasteiger partial charge in [-0.25, -0.2) is 13.1 Å². The molecule has 1 saturated carbocycles. The van der Waals surface area contributed by atoms with E-state index in [0.29, 0.717) is 12.2 Å². The Kier molecular flexibility index (Phi) is 7.66.